The second-order valence-corrected chi connectivity index (χ2v) is 5.59. The molecule has 0 spiro atoms. The Labute approximate surface area is 138 Å². The van der Waals surface area contributed by atoms with Crippen LogP contribution in [0, 0.1) is 0 Å². The van der Waals surface area contributed by atoms with E-state index in [1.807, 2.05) is 40.2 Å². The van der Waals surface area contributed by atoms with Crippen molar-refractivity contribution in [3.63, 3.8) is 0 Å². The van der Waals surface area contributed by atoms with Crippen LogP contribution >= 0.6 is 0 Å². The van der Waals surface area contributed by atoms with Crippen molar-refractivity contribution >= 4 is 0 Å². The first-order valence-corrected chi connectivity index (χ1v) is 7.75. The van der Waals surface area contributed by atoms with Crippen LogP contribution in [0.1, 0.15) is 17.0 Å². The molecular formula is C16H20N6O2. The molecule has 126 valence electrons. The highest BCUT2D eigenvalue weighted by Gasteiger charge is 2.10. The molecule has 0 atom stereocenters. The zero-order valence-corrected chi connectivity index (χ0v) is 13.2. The Hall–Kier alpha value is -2.71. The van der Waals surface area contributed by atoms with Crippen molar-refractivity contribution in [3.05, 3.63) is 70.2 Å². The summed E-state index contributed by atoms with van der Waals surface area (Å²) in [7, 11) is 0. The van der Waals surface area contributed by atoms with Crippen LogP contribution < -0.4 is 5.69 Å². The fraction of sp³-hybridized carbons (Fsp3) is 0.312. The quantitative estimate of drug-likeness (QED) is 0.553. The summed E-state index contributed by atoms with van der Waals surface area (Å²) in [6, 6.07) is 10.1. The molecule has 2 heterocycles. The van der Waals surface area contributed by atoms with Crippen molar-refractivity contribution in [1.82, 2.24) is 29.9 Å². The van der Waals surface area contributed by atoms with E-state index in [0.717, 1.165) is 5.56 Å². The average Bonchev–Trinajstić information content (AvgIpc) is 3.18. The number of aliphatic hydroxyl groups excluding tert-OH is 1. The maximum Gasteiger partial charge on any atom is 0.340 e. The van der Waals surface area contributed by atoms with Gasteiger partial charge in [0, 0.05) is 24.8 Å². The zero-order chi connectivity index (χ0) is 16.8. The molecule has 3 aromatic rings. The predicted octanol–water partition coefficient (Wildman–Crippen LogP) is 0.337. The summed E-state index contributed by atoms with van der Waals surface area (Å²) in [4.78, 5) is 15.7. The van der Waals surface area contributed by atoms with E-state index < -0.39 is 0 Å². The topological polar surface area (TPSA) is 103 Å². The SMILES string of the molecule is O=c1[nH]nc(CN(CCO)Cc2cnn(Cc3ccccc3)c2)[nH]1. The zero-order valence-electron chi connectivity index (χ0n) is 13.2. The van der Waals surface area contributed by atoms with Crippen molar-refractivity contribution in [1.29, 1.82) is 0 Å². The van der Waals surface area contributed by atoms with Gasteiger partial charge < -0.3 is 5.11 Å². The highest BCUT2D eigenvalue weighted by Crippen LogP contribution is 2.08. The van der Waals surface area contributed by atoms with E-state index in [2.05, 4.69) is 32.4 Å². The average molecular weight is 328 g/mol. The summed E-state index contributed by atoms with van der Waals surface area (Å²) in [6.45, 7) is 2.30. The van der Waals surface area contributed by atoms with Gasteiger partial charge in [0.25, 0.3) is 0 Å². The van der Waals surface area contributed by atoms with Gasteiger partial charge in [-0.2, -0.15) is 10.2 Å². The van der Waals surface area contributed by atoms with E-state index >= 15 is 0 Å². The fourth-order valence-electron chi connectivity index (χ4n) is 2.55. The molecule has 8 nitrogen and oxygen atoms in total. The number of hydrogen-bond acceptors (Lipinski definition) is 5. The van der Waals surface area contributed by atoms with Crippen LogP contribution in [0.3, 0.4) is 0 Å². The van der Waals surface area contributed by atoms with Crippen molar-refractivity contribution < 1.29 is 5.11 Å². The molecule has 0 aliphatic carbocycles. The number of nitrogens with zero attached hydrogens (tertiary/aromatic N) is 4. The number of hydrogen-bond donors (Lipinski definition) is 3. The third-order valence-corrected chi connectivity index (χ3v) is 3.62. The molecule has 0 radical (unpaired) electrons. The van der Waals surface area contributed by atoms with Crippen LogP contribution in [0.5, 0.6) is 0 Å². The summed E-state index contributed by atoms with van der Waals surface area (Å²) < 4.78 is 1.89. The second-order valence-electron chi connectivity index (χ2n) is 5.59. The molecule has 0 unspecified atom stereocenters. The lowest BCUT2D eigenvalue weighted by Gasteiger charge is -2.18. The van der Waals surface area contributed by atoms with E-state index in [4.69, 9.17) is 0 Å². The molecule has 2 aromatic heterocycles. The third-order valence-electron chi connectivity index (χ3n) is 3.62. The van der Waals surface area contributed by atoms with Gasteiger partial charge in [0.15, 0.2) is 0 Å². The molecule has 0 saturated carbocycles. The largest absolute Gasteiger partial charge is 0.395 e. The number of benzene rings is 1. The van der Waals surface area contributed by atoms with E-state index in [1.54, 1.807) is 0 Å². The third kappa shape index (κ3) is 4.40. The monoisotopic (exact) mass is 328 g/mol. The van der Waals surface area contributed by atoms with Gasteiger partial charge in [0.05, 0.1) is 25.9 Å². The van der Waals surface area contributed by atoms with E-state index in [-0.39, 0.29) is 12.3 Å². The molecule has 0 fully saturated rings. The van der Waals surface area contributed by atoms with Gasteiger partial charge >= 0.3 is 5.69 Å². The number of nitrogens with one attached hydrogen (secondary N) is 2. The molecule has 0 aliphatic heterocycles. The van der Waals surface area contributed by atoms with Crippen LogP contribution in [0.25, 0.3) is 0 Å². The van der Waals surface area contributed by atoms with Gasteiger partial charge in [-0.15, -0.1) is 0 Å². The van der Waals surface area contributed by atoms with Crippen LogP contribution in [-0.4, -0.2) is 48.1 Å². The highest BCUT2D eigenvalue weighted by molar-refractivity contribution is 5.15. The van der Waals surface area contributed by atoms with Gasteiger partial charge in [-0.1, -0.05) is 30.3 Å². The lowest BCUT2D eigenvalue weighted by atomic mass is 10.2. The van der Waals surface area contributed by atoms with E-state index in [1.165, 1.54) is 5.56 Å². The summed E-state index contributed by atoms with van der Waals surface area (Å²) >= 11 is 0. The first kappa shape index (κ1) is 16.2. The van der Waals surface area contributed by atoms with Crippen molar-refractivity contribution in [2.75, 3.05) is 13.2 Å². The lowest BCUT2D eigenvalue weighted by molar-refractivity contribution is 0.181. The molecular weight excluding hydrogens is 308 g/mol. The smallest absolute Gasteiger partial charge is 0.340 e. The molecule has 0 saturated heterocycles. The fourth-order valence-corrected chi connectivity index (χ4v) is 2.55. The van der Waals surface area contributed by atoms with Gasteiger partial charge in [-0.05, 0) is 5.56 Å². The van der Waals surface area contributed by atoms with Crippen molar-refractivity contribution in [2.24, 2.45) is 0 Å². The number of rotatable bonds is 8. The van der Waals surface area contributed by atoms with E-state index in [0.29, 0.717) is 32.0 Å². The molecule has 0 amide bonds. The van der Waals surface area contributed by atoms with Crippen molar-refractivity contribution in [2.45, 2.75) is 19.6 Å². The minimum Gasteiger partial charge on any atom is -0.395 e. The van der Waals surface area contributed by atoms with Gasteiger partial charge in [-0.3, -0.25) is 14.6 Å². The van der Waals surface area contributed by atoms with Crippen LogP contribution in [-0.2, 0) is 19.6 Å². The summed E-state index contributed by atoms with van der Waals surface area (Å²) in [5.41, 5.74) is 1.90. The van der Waals surface area contributed by atoms with E-state index in [9.17, 15) is 9.90 Å². The van der Waals surface area contributed by atoms with Gasteiger partial charge in [0.1, 0.15) is 5.82 Å². The number of aromatic nitrogens is 5. The second kappa shape index (κ2) is 7.71. The molecule has 24 heavy (non-hydrogen) atoms. The Morgan fingerprint density at radius 1 is 1.17 bits per heavy atom. The lowest BCUT2D eigenvalue weighted by Crippen LogP contribution is -2.26. The number of aliphatic hydroxyl groups is 1. The summed E-state index contributed by atoms with van der Waals surface area (Å²) in [5, 5.41) is 19.9. The Morgan fingerprint density at radius 3 is 2.71 bits per heavy atom. The first-order valence-electron chi connectivity index (χ1n) is 7.75. The molecule has 0 bridgehead atoms. The highest BCUT2D eigenvalue weighted by atomic mass is 16.3. The Kier molecular flexibility index (Phi) is 5.19. The van der Waals surface area contributed by atoms with Gasteiger partial charge in [-0.25, -0.2) is 9.89 Å². The standard InChI is InChI=1S/C16H20N6O2/c23-7-6-21(12-15-18-16(24)20-19-15)9-14-8-17-22(11-14)10-13-4-2-1-3-5-13/h1-5,8,11,23H,6-7,9-10,12H2,(H2,18,19,20,24). The predicted molar refractivity (Wildman–Crippen MR) is 88.2 cm³/mol. The van der Waals surface area contributed by atoms with Crippen LogP contribution in [0.2, 0.25) is 0 Å². The minimum absolute atomic E-state index is 0.0345. The molecule has 0 aliphatic rings. The number of aromatic amines is 2. The van der Waals surface area contributed by atoms with Crippen molar-refractivity contribution in [3.8, 4) is 0 Å². The molecule has 8 heteroatoms. The summed E-state index contributed by atoms with van der Waals surface area (Å²) in [6.07, 6.45) is 3.81. The Balaban J connectivity index is 1.63. The molecule has 1 aromatic carbocycles. The minimum atomic E-state index is -0.329. The molecule has 3 N–H and O–H groups in total. The molecule has 3 rings (SSSR count). The van der Waals surface area contributed by atoms with Crippen LogP contribution in [0.4, 0.5) is 0 Å². The first-order chi connectivity index (χ1) is 11.7. The number of H-pyrrole nitrogens is 2. The summed E-state index contributed by atoms with van der Waals surface area (Å²) in [5.74, 6) is 0.546. The maximum atomic E-state index is 11.1. The maximum absolute atomic E-state index is 11.1. The Morgan fingerprint density at radius 2 is 2.00 bits per heavy atom. The van der Waals surface area contributed by atoms with Crippen LogP contribution in [0.15, 0.2) is 47.5 Å². The van der Waals surface area contributed by atoms with Gasteiger partial charge in [0.2, 0.25) is 0 Å². The Bertz CT molecular complexity index is 807. The normalized spacial score (nSPS) is 11.2.